The van der Waals surface area contributed by atoms with E-state index in [1.54, 1.807) is 12.1 Å². The van der Waals surface area contributed by atoms with Crippen LogP contribution in [-0.4, -0.2) is 66.6 Å². The fraction of sp³-hybridized carbons (Fsp3) is 0.625. The number of carbonyl (C=O) groups excluding carboxylic acids is 2. The normalized spacial score (nSPS) is 18.9. The molecule has 0 saturated carbocycles. The number of hydrogen-bond donors (Lipinski definition) is 3. The van der Waals surface area contributed by atoms with Crippen LogP contribution in [0.5, 0.6) is 0 Å². The number of piperidine rings is 1. The first-order valence-corrected chi connectivity index (χ1v) is 12.0. The molecule has 1 unspecified atom stereocenters. The number of benzene rings is 1. The highest BCUT2D eigenvalue weighted by Crippen LogP contribution is 2.25. The molecule has 2 aliphatic rings. The lowest BCUT2D eigenvalue weighted by molar-refractivity contribution is -0.137. The van der Waals surface area contributed by atoms with Crippen LogP contribution in [0.15, 0.2) is 18.2 Å². The molecule has 2 fully saturated rings. The summed E-state index contributed by atoms with van der Waals surface area (Å²) in [6, 6.07) is 4.43. The molecule has 10 heteroatoms. The van der Waals surface area contributed by atoms with Crippen molar-refractivity contribution in [2.45, 2.75) is 63.8 Å². The Bertz CT molecular complexity index is 833. The number of carboxylic acid groups (broad SMARTS) is 1. The Balaban J connectivity index is 0.00000408. The maximum Gasteiger partial charge on any atom is 0.303 e. The number of piperazine rings is 1. The summed E-state index contributed by atoms with van der Waals surface area (Å²) in [7, 11) is 0. The van der Waals surface area contributed by atoms with Crippen molar-refractivity contribution in [3.8, 4) is 0 Å². The highest BCUT2D eigenvalue weighted by Gasteiger charge is 2.27. The van der Waals surface area contributed by atoms with Crippen LogP contribution in [0.25, 0.3) is 0 Å². The van der Waals surface area contributed by atoms with Gasteiger partial charge in [-0.05, 0) is 44.0 Å². The summed E-state index contributed by atoms with van der Waals surface area (Å²) < 4.78 is 14.8. The molecule has 1 atom stereocenters. The number of rotatable bonds is 12. The topological polar surface area (TPSA) is 102 Å². The van der Waals surface area contributed by atoms with Crippen molar-refractivity contribution in [1.29, 1.82) is 0 Å². The number of nitrogens with zero attached hydrogens (tertiary/aromatic N) is 2. The third-order valence-corrected chi connectivity index (χ3v) is 6.36. The third-order valence-electron chi connectivity index (χ3n) is 6.36. The minimum atomic E-state index is -0.714. The van der Waals surface area contributed by atoms with Gasteiger partial charge in [0.2, 0.25) is 11.8 Å². The van der Waals surface area contributed by atoms with Crippen LogP contribution in [0, 0.1) is 5.82 Å². The first kappa shape index (κ1) is 27.9. The largest absolute Gasteiger partial charge is 0.481 e. The Morgan fingerprint density at radius 2 is 1.74 bits per heavy atom. The number of anilines is 2. The number of hydrogen-bond acceptors (Lipinski definition) is 6. The Kier molecular flexibility index (Phi) is 11.6. The fourth-order valence-electron chi connectivity index (χ4n) is 4.42. The Morgan fingerprint density at radius 3 is 2.38 bits per heavy atom. The number of imide groups is 1. The van der Waals surface area contributed by atoms with Gasteiger partial charge in [0.05, 0.1) is 5.69 Å². The van der Waals surface area contributed by atoms with Crippen LogP contribution in [0.3, 0.4) is 0 Å². The number of aliphatic carboxylic acids is 1. The minimum absolute atomic E-state index is 0. The standard InChI is InChI=1S/C24H35FN4O4.ClH/c25-19-17-18(26-20-9-11-22(30)27-24(20)33)8-10-21(19)29-15-13-28(14-16-29)12-6-4-2-1-3-5-7-23(31)32;/h8,10,17,20,26H,1-7,9,11-16H2,(H,31,32)(H,27,30,33);1H. The number of nitrogens with one attached hydrogen (secondary N) is 2. The lowest BCUT2D eigenvalue weighted by atomic mass is 10.1. The molecule has 0 bridgehead atoms. The number of carbonyl (C=O) groups is 3. The summed E-state index contributed by atoms with van der Waals surface area (Å²) in [5, 5.41) is 14.0. The van der Waals surface area contributed by atoms with Gasteiger partial charge in [0.15, 0.2) is 0 Å². The maximum atomic E-state index is 14.8. The van der Waals surface area contributed by atoms with Crippen molar-refractivity contribution in [1.82, 2.24) is 10.2 Å². The van der Waals surface area contributed by atoms with Crippen LogP contribution in [0.4, 0.5) is 15.8 Å². The van der Waals surface area contributed by atoms with Gasteiger partial charge in [-0.1, -0.05) is 25.7 Å². The van der Waals surface area contributed by atoms with Gasteiger partial charge < -0.3 is 15.3 Å². The zero-order valence-corrected chi connectivity index (χ0v) is 20.4. The average Bonchev–Trinajstić information content (AvgIpc) is 2.78. The smallest absolute Gasteiger partial charge is 0.303 e. The van der Waals surface area contributed by atoms with E-state index in [2.05, 4.69) is 20.4 Å². The molecular formula is C24H36ClFN4O4. The van der Waals surface area contributed by atoms with E-state index in [0.717, 1.165) is 71.2 Å². The highest BCUT2D eigenvalue weighted by molar-refractivity contribution is 6.01. The molecule has 1 aromatic rings. The average molecular weight is 499 g/mol. The second-order valence-corrected chi connectivity index (χ2v) is 8.91. The molecule has 1 aromatic carbocycles. The van der Waals surface area contributed by atoms with E-state index in [0.29, 0.717) is 17.8 Å². The molecular weight excluding hydrogens is 463 g/mol. The number of carboxylic acids is 1. The second kappa shape index (κ2) is 14.1. The summed E-state index contributed by atoms with van der Waals surface area (Å²) in [6.45, 7) is 4.38. The molecule has 0 spiro atoms. The van der Waals surface area contributed by atoms with Crippen molar-refractivity contribution in [2.24, 2.45) is 0 Å². The van der Waals surface area contributed by atoms with E-state index in [1.807, 2.05) is 0 Å². The van der Waals surface area contributed by atoms with Gasteiger partial charge in [-0.25, -0.2) is 4.39 Å². The van der Waals surface area contributed by atoms with E-state index < -0.39 is 12.0 Å². The lowest BCUT2D eigenvalue weighted by Crippen LogP contribution is -2.47. The predicted octanol–water partition coefficient (Wildman–Crippen LogP) is 3.40. The zero-order valence-electron chi connectivity index (χ0n) is 19.6. The Labute approximate surface area is 206 Å². The molecule has 190 valence electrons. The monoisotopic (exact) mass is 498 g/mol. The number of unbranched alkanes of at least 4 members (excludes halogenated alkanes) is 5. The zero-order chi connectivity index (χ0) is 23.6. The number of halogens is 2. The summed E-state index contributed by atoms with van der Waals surface area (Å²) in [5.41, 5.74) is 1.11. The molecule has 3 rings (SSSR count). The first-order valence-electron chi connectivity index (χ1n) is 12.0. The molecule has 2 heterocycles. The minimum Gasteiger partial charge on any atom is -0.481 e. The van der Waals surface area contributed by atoms with Crippen molar-refractivity contribution in [3.05, 3.63) is 24.0 Å². The summed E-state index contributed by atoms with van der Waals surface area (Å²) >= 11 is 0. The molecule has 0 aromatic heterocycles. The maximum absolute atomic E-state index is 14.8. The molecule has 34 heavy (non-hydrogen) atoms. The van der Waals surface area contributed by atoms with Crippen LogP contribution in [0.2, 0.25) is 0 Å². The van der Waals surface area contributed by atoms with Gasteiger partial charge in [-0.3, -0.25) is 24.6 Å². The molecule has 0 radical (unpaired) electrons. The molecule has 2 saturated heterocycles. The van der Waals surface area contributed by atoms with Crippen molar-refractivity contribution >= 4 is 41.6 Å². The molecule has 2 amide bonds. The Hall–Kier alpha value is -2.39. The van der Waals surface area contributed by atoms with E-state index in [4.69, 9.17) is 5.11 Å². The van der Waals surface area contributed by atoms with Crippen LogP contribution >= 0.6 is 12.4 Å². The first-order chi connectivity index (χ1) is 15.9. The van der Waals surface area contributed by atoms with E-state index >= 15 is 0 Å². The molecule has 2 aliphatic heterocycles. The molecule has 0 aliphatic carbocycles. The van der Waals surface area contributed by atoms with E-state index in [1.165, 1.54) is 6.07 Å². The third kappa shape index (κ3) is 8.76. The van der Waals surface area contributed by atoms with Crippen LogP contribution in [0.1, 0.15) is 57.8 Å². The van der Waals surface area contributed by atoms with Gasteiger partial charge >= 0.3 is 5.97 Å². The van der Waals surface area contributed by atoms with Gasteiger partial charge in [0.1, 0.15) is 11.9 Å². The Morgan fingerprint density at radius 1 is 1.06 bits per heavy atom. The quantitative estimate of drug-likeness (QED) is 0.300. The van der Waals surface area contributed by atoms with Crippen molar-refractivity contribution < 1.29 is 23.9 Å². The lowest BCUT2D eigenvalue weighted by Gasteiger charge is -2.36. The highest BCUT2D eigenvalue weighted by atomic mass is 35.5. The summed E-state index contributed by atoms with van der Waals surface area (Å²) in [5.74, 6) is -1.67. The molecule has 8 nitrogen and oxygen atoms in total. The summed E-state index contributed by atoms with van der Waals surface area (Å²) in [6.07, 6.45) is 7.22. The van der Waals surface area contributed by atoms with Gasteiger partial charge in [0.25, 0.3) is 0 Å². The van der Waals surface area contributed by atoms with Crippen molar-refractivity contribution in [3.63, 3.8) is 0 Å². The van der Waals surface area contributed by atoms with E-state index in [-0.39, 0.29) is 42.9 Å². The van der Waals surface area contributed by atoms with Crippen LogP contribution in [-0.2, 0) is 14.4 Å². The fourth-order valence-corrected chi connectivity index (χ4v) is 4.42. The van der Waals surface area contributed by atoms with Gasteiger partial charge in [-0.2, -0.15) is 0 Å². The summed E-state index contributed by atoms with van der Waals surface area (Å²) in [4.78, 5) is 38.1. The van der Waals surface area contributed by atoms with Crippen molar-refractivity contribution in [2.75, 3.05) is 42.9 Å². The van der Waals surface area contributed by atoms with E-state index in [9.17, 15) is 18.8 Å². The van der Waals surface area contributed by atoms with Gasteiger partial charge in [0, 0.05) is 44.7 Å². The molecule has 3 N–H and O–H groups in total. The number of amides is 2. The van der Waals surface area contributed by atoms with Gasteiger partial charge in [-0.15, -0.1) is 12.4 Å². The second-order valence-electron chi connectivity index (χ2n) is 8.91. The SMILES string of the molecule is Cl.O=C(O)CCCCCCCCN1CCN(c2ccc(NC3CCC(=O)NC3=O)cc2F)CC1. The predicted molar refractivity (Wildman–Crippen MR) is 132 cm³/mol. The van der Waals surface area contributed by atoms with Crippen LogP contribution < -0.4 is 15.5 Å².